The van der Waals surface area contributed by atoms with Crippen LogP contribution in [0, 0.1) is 0 Å². The second-order valence-corrected chi connectivity index (χ2v) is 7.17. The van der Waals surface area contributed by atoms with Crippen molar-refractivity contribution < 1.29 is 22.8 Å². The summed E-state index contributed by atoms with van der Waals surface area (Å²) in [6.45, 7) is 0.311. The highest BCUT2D eigenvalue weighted by Gasteiger charge is 2.31. The number of halogens is 4. The van der Waals surface area contributed by atoms with Crippen molar-refractivity contribution in [2.45, 2.75) is 25.1 Å². The van der Waals surface area contributed by atoms with Gasteiger partial charge in [-0.3, -0.25) is 4.98 Å². The highest BCUT2D eigenvalue weighted by Crippen LogP contribution is 2.34. The molecule has 0 saturated carbocycles. The fraction of sp³-hybridized carbons (Fsp3) is 0.250. The predicted octanol–water partition coefficient (Wildman–Crippen LogP) is 4.80. The average Bonchev–Trinajstić information content (AvgIpc) is 3.23. The van der Waals surface area contributed by atoms with Crippen molar-refractivity contribution in [2.75, 3.05) is 11.4 Å². The summed E-state index contributed by atoms with van der Waals surface area (Å²) >= 11 is 6.43. The molecular weight excluding hydrogens is 421 g/mol. The van der Waals surface area contributed by atoms with E-state index in [2.05, 4.69) is 15.1 Å². The standard InChI is InChI=1S/C20H16ClF3N4O2/c21-16-7-13(17-8-15(11-29)30-27-17)9-26-19(16)12-3-5-28(6-4-12)18-2-1-14(10-25-18)20(22,23)24/h1-3,5,7-10,12,29H,4,6,11H2. The fourth-order valence-corrected chi connectivity index (χ4v) is 3.49. The Balaban J connectivity index is 1.49. The lowest BCUT2D eigenvalue weighted by atomic mass is 9.97. The summed E-state index contributed by atoms with van der Waals surface area (Å²) in [5, 5.41) is 13.4. The zero-order valence-electron chi connectivity index (χ0n) is 15.5. The fourth-order valence-electron chi connectivity index (χ4n) is 3.18. The molecule has 0 aliphatic carbocycles. The van der Waals surface area contributed by atoms with Gasteiger partial charge in [0.25, 0.3) is 0 Å². The minimum Gasteiger partial charge on any atom is -0.388 e. The molecule has 6 nitrogen and oxygen atoms in total. The number of aliphatic hydroxyl groups excluding tert-OH is 1. The summed E-state index contributed by atoms with van der Waals surface area (Å²) in [6, 6.07) is 5.72. The first-order valence-electron chi connectivity index (χ1n) is 9.05. The molecule has 1 aliphatic rings. The van der Waals surface area contributed by atoms with Crippen LogP contribution in [0.4, 0.5) is 19.0 Å². The van der Waals surface area contributed by atoms with Crippen LogP contribution in [0.25, 0.3) is 11.3 Å². The van der Waals surface area contributed by atoms with Crippen molar-refractivity contribution >= 4 is 17.4 Å². The molecule has 1 unspecified atom stereocenters. The van der Waals surface area contributed by atoms with Gasteiger partial charge in [0.15, 0.2) is 5.76 Å². The molecule has 0 aromatic carbocycles. The van der Waals surface area contributed by atoms with E-state index in [4.69, 9.17) is 21.2 Å². The van der Waals surface area contributed by atoms with E-state index in [0.717, 1.165) is 12.3 Å². The van der Waals surface area contributed by atoms with Gasteiger partial charge in [0.05, 0.1) is 16.3 Å². The number of aliphatic hydroxyl groups is 1. The number of pyridine rings is 2. The van der Waals surface area contributed by atoms with Crippen LogP contribution in [-0.4, -0.2) is 26.8 Å². The molecule has 30 heavy (non-hydrogen) atoms. The second kappa shape index (κ2) is 8.08. The monoisotopic (exact) mass is 436 g/mol. The van der Waals surface area contributed by atoms with Crippen LogP contribution in [-0.2, 0) is 12.8 Å². The number of nitrogens with zero attached hydrogens (tertiary/aromatic N) is 4. The molecule has 0 radical (unpaired) electrons. The molecule has 0 bridgehead atoms. The van der Waals surface area contributed by atoms with Crippen LogP contribution < -0.4 is 4.90 Å². The molecule has 0 fully saturated rings. The lowest BCUT2D eigenvalue weighted by Gasteiger charge is -2.27. The maximum atomic E-state index is 12.7. The van der Waals surface area contributed by atoms with E-state index in [1.807, 2.05) is 6.08 Å². The average molecular weight is 437 g/mol. The Morgan fingerprint density at radius 2 is 2.03 bits per heavy atom. The highest BCUT2D eigenvalue weighted by molar-refractivity contribution is 6.31. The first-order valence-corrected chi connectivity index (χ1v) is 9.43. The lowest BCUT2D eigenvalue weighted by molar-refractivity contribution is -0.137. The molecule has 3 aromatic rings. The van der Waals surface area contributed by atoms with E-state index in [-0.39, 0.29) is 12.5 Å². The largest absolute Gasteiger partial charge is 0.417 e. The van der Waals surface area contributed by atoms with E-state index < -0.39 is 11.7 Å². The van der Waals surface area contributed by atoms with Gasteiger partial charge in [-0.15, -0.1) is 0 Å². The van der Waals surface area contributed by atoms with E-state index in [9.17, 15) is 13.2 Å². The Kier molecular flexibility index (Phi) is 5.48. The lowest BCUT2D eigenvalue weighted by Crippen LogP contribution is -2.24. The predicted molar refractivity (Wildman–Crippen MR) is 104 cm³/mol. The number of allylic oxidation sites excluding steroid dienone is 1. The van der Waals surface area contributed by atoms with Crippen molar-refractivity contribution in [1.29, 1.82) is 0 Å². The van der Waals surface area contributed by atoms with Gasteiger partial charge in [-0.2, -0.15) is 13.2 Å². The summed E-state index contributed by atoms with van der Waals surface area (Å²) in [5.41, 5.74) is 1.11. The summed E-state index contributed by atoms with van der Waals surface area (Å²) in [4.78, 5) is 10.2. The summed E-state index contributed by atoms with van der Waals surface area (Å²) in [5.74, 6) is 0.748. The molecule has 1 aliphatic heterocycles. The van der Waals surface area contributed by atoms with Gasteiger partial charge in [0.1, 0.15) is 18.1 Å². The zero-order chi connectivity index (χ0) is 21.3. The topological polar surface area (TPSA) is 75.3 Å². The molecular formula is C20H16ClF3N4O2. The number of alkyl halides is 3. The van der Waals surface area contributed by atoms with E-state index >= 15 is 0 Å². The van der Waals surface area contributed by atoms with Gasteiger partial charge >= 0.3 is 6.18 Å². The maximum Gasteiger partial charge on any atom is 0.417 e. The highest BCUT2D eigenvalue weighted by atomic mass is 35.5. The third kappa shape index (κ3) is 4.17. The maximum absolute atomic E-state index is 12.7. The minimum absolute atomic E-state index is 0.0393. The molecule has 4 heterocycles. The third-order valence-electron chi connectivity index (χ3n) is 4.78. The van der Waals surface area contributed by atoms with Crippen LogP contribution in [0.1, 0.15) is 29.4 Å². The van der Waals surface area contributed by atoms with Crippen LogP contribution >= 0.6 is 11.6 Å². The van der Waals surface area contributed by atoms with E-state index in [0.29, 0.717) is 46.5 Å². The first kappa shape index (κ1) is 20.4. The first-order chi connectivity index (χ1) is 14.3. The smallest absolute Gasteiger partial charge is 0.388 e. The van der Waals surface area contributed by atoms with Crippen LogP contribution in [0.2, 0.25) is 5.02 Å². The molecule has 0 saturated heterocycles. The van der Waals surface area contributed by atoms with Gasteiger partial charge in [0.2, 0.25) is 0 Å². The molecule has 0 amide bonds. The minimum atomic E-state index is -4.41. The Morgan fingerprint density at radius 3 is 2.60 bits per heavy atom. The quantitative estimate of drug-likeness (QED) is 0.633. The molecule has 156 valence electrons. The SMILES string of the molecule is OCc1cc(-c2cnc(C3C=CN(c4ccc(C(F)(F)F)cn4)CC3)c(Cl)c2)no1. The number of hydrogen-bond acceptors (Lipinski definition) is 6. The normalized spacial score (nSPS) is 16.8. The van der Waals surface area contributed by atoms with E-state index in [1.54, 1.807) is 29.4 Å². The Morgan fingerprint density at radius 1 is 1.20 bits per heavy atom. The molecule has 1 atom stereocenters. The van der Waals surface area contributed by atoms with Crippen molar-refractivity contribution in [3.8, 4) is 11.3 Å². The Bertz CT molecular complexity index is 1070. The number of hydrogen-bond donors (Lipinski definition) is 1. The van der Waals surface area contributed by atoms with Crippen molar-refractivity contribution in [3.63, 3.8) is 0 Å². The molecule has 4 rings (SSSR count). The number of anilines is 1. The van der Waals surface area contributed by atoms with Crippen LogP contribution in [0.15, 0.2) is 53.5 Å². The van der Waals surface area contributed by atoms with Gasteiger partial charge < -0.3 is 14.5 Å². The number of rotatable bonds is 4. The molecule has 0 spiro atoms. The van der Waals surface area contributed by atoms with Gasteiger partial charge in [0, 0.05) is 42.7 Å². The second-order valence-electron chi connectivity index (χ2n) is 6.76. The Labute approximate surface area is 174 Å². The van der Waals surface area contributed by atoms with Crippen molar-refractivity contribution in [3.05, 3.63) is 71.0 Å². The summed E-state index contributed by atoms with van der Waals surface area (Å²) in [6.07, 6.45) is 2.41. The van der Waals surface area contributed by atoms with Gasteiger partial charge in [-0.1, -0.05) is 22.8 Å². The van der Waals surface area contributed by atoms with Crippen LogP contribution in [0.5, 0.6) is 0 Å². The summed E-state index contributed by atoms with van der Waals surface area (Å²) < 4.78 is 43.0. The van der Waals surface area contributed by atoms with Crippen molar-refractivity contribution in [2.24, 2.45) is 0 Å². The van der Waals surface area contributed by atoms with Crippen molar-refractivity contribution in [1.82, 2.24) is 15.1 Å². The molecule has 1 N–H and O–H groups in total. The van der Waals surface area contributed by atoms with Gasteiger partial charge in [-0.25, -0.2) is 4.98 Å². The molecule has 3 aromatic heterocycles. The van der Waals surface area contributed by atoms with Gasteiger partial charge in [-0.05, 0) is 24.6 Å². The third-order valence-corrected chi connectivity index (χ3v) is 5.08. The molecule has 10 heteroatoms. The summed E-state index contributed by atoms with van der Waals surface area (Å²) in [7, 11) is 0. The zero-order valence-corrected chi connectivity index (χ0v) is 16.2. The Hall–Kier alpha value is -2.91. The number of aromatic nitrogens is 3. The van der Waals surface area contributed by atoms with E-state index in [1.165, 1.54) is 6.07 Å². The van der Waals surface area contributed by atoms with Crippen LogP contribution in [0.3, 0.4) is 0 Å².